The SMILES string of the molecule is C=C(C)C(NCC)c1cccc(C)c1Br. The Labute approximate surface area is 101 Å². The fraction of sp³-hybridized carbons (Fsp3) is 0.385. The lowest BCUT2D eigenvalue weighted by Gasteiger charge is -2.20. The van der Waals surface area contributed by atoms with Crippen molar-refractivity contribution in [3.63, 3.8) is 0 Å². The van der Waals surface area contributed by atoms with Crippen molar-refractivity contribution in [1.82, 2.24) is 5.32 Å². The molecule has 1 atom stereocenters. The van der Waals surface area contributed by atoms with Gasteiger partial charge in [-0.3, -0.25) is 0 Å². The van der Waals surface area contributed by atoms with Crippen LogP contribution in [0, 0.1) is 6.92 Å². The highest BCUT2D eigenvalue weighted by molar-refractivity contribution is 9.10. The first kappa shape index (κ1) is 12.5. The van der Waals surface area contributed by atoms with Crippen LogP contribution < -0.4 is 5.32 Å². The molecule has 0 aliphatic carbocycles. The standard InChI is InChI=1S/C13H18BrN/c1-5-15-13(9(2)3)11-8-6-7-10(4)12(11)14/h6-8,13,15H,2,5H2,1,3-4H3. The summed E-state index contributed by atoms with van der Waals surface area (Å²) in [4.78, 5) is 0. The van der Waals surface area contributed by atoms with Crippen LogP contribution in [0.15, 0.2) is 34.8 Å². The van der Waals surface area contributed by atoms with Crippen molar-refractivity contribution in [2.24, 2.45) is 0 Å². The minimum absolute atomic E-state index is 0.240. The van der Waals surface area contributed by atoms with Gasteiger partial charge >= 0.3 is 0 Å². The van der Waals surface area contributed by atoms with E-state index in [-0.39, 0.29) is 6.04 Å². The Morgan fingerprint density at radius 2 is 2.20 bits per heavy atom. The Morgan fingerprint density at radius 1 is 1.53 bits per heavy atom. The molecular formula is C13H18BrN. The van der Waals surface area contributed by atoms with E-state index in [1.54, 1.807) is 0 Å². The number of benzene rings is 1. The highest BCUT2D eigenvalue weighted by Gasteiger charge is 2.14. The average molecular weight is 268 g/mol. The van der Waals surface area contributed by atoms with E-state index >= 15 is 0 Å². The maximum atomic E-state index is 4.04. The molecule has 0 heterocycles. The van der Waals surface area contributed by atoms with Crippen LogP contribution in [0.3, 0.4) is 0 Å². The van der Waals surface area contributed by atoms with Gasteiger partial charge in [0.1, 0.15) is 0 Å². The molecule has 0 radical (unpaired) electrons. The lowest BCUT2D eigenvalue weighted by Crippen LogP contribution is -2.22. The summed E-state index contributed by atoms with van der Waals surface area (Å²) < 4.78 is 1.18. The maximum Gasteiger partial charge on any atom is 0.0541 e. The Hall–Kier alpha value is -0.600. The molecule has 0 fully saturated rings. The molecule has 1 unspecified atom stereocenters. The van der Waals surface area contributed by atoms with Crippen LogP contribution in [0.4, 0.5) is 0 Å². The van der Waals surface area contributed by atoms with Crippen LogP contribution in [-0.4, -0.2) is 6.54 Å². The van der Waals surface area contributed by atoms with E-state index in [4.69, 9.17) is 0 Å². The second-order valence-electron chi connectivity index (χ2n) is 3.82. The number of likely N-dealkylation sites (N-methyl/N-ethyl adjacent to an activating group) is 1. The first-order chi connectivity index (χ1) is 7.07. The predicted octanol–water partition coefficient (Wildman–Crippen LogP) is 3.98. The third-order valence-corrected chi connectivity index (χ3v) is 3.52. The van der Waals surface area contributed by atoms with Gasteiger partial charge in [0.15, 0.2) is 0 Å². The van der Waals surface area contributed by atoms with Crippen LogP contribution in [0.25, 0.3) is 0 Å². The topological polar surface area (TPSA) is 12.0 Å². The number of rotatable bonds is 4. The zero-order chi connectivity index (χ0) is 11.4. The normalized spacial score (nSPS) is 12.5. The smallest absolute Gasteiger partial charge is 0.0541 e. The van der Waals surface area contributed by atoms with Crippen molar-refractivity contribution in [3.8, 4) is 0 Å². The Kier molecular flexibility index (Phi) is 4.55. The monoisotopic (exact) mass is 267 g/mol. The molecule has 0 saturated carbocycles. The summed E-state index contributed by atoms with van der Waals surface area (Å²) in [6.07, 6.45) is 0. The summed E-state index contributed by atoms with van der Waals surface area (Å²) in [6, 6.07) is 6.57. The van der Waals surface area contributed by atoms with Crippen molar-refractivity contribution in [1.29, 1.82) is 0 Å². The molecule has 1 aromatic rings. The molecule has 1 aromatic carbocycles. The van der Waals surface area contributed by atoms with Crippen molar-refractivity contribution in [2.45, 2.75) is 26.8 Å². The van der Waals surface area contributed by atoms with Crippen LogP contribution in [0.1, 0.15) is 31.0 Å². The molecular weight excluding hydrogens is 250 g/mol. The molecule has 0 aliphatic heterocycles. The first-order valence-electron chi connectivity index (χ1n) is 5.21. The Balaban J connectivity index is 3.11. The maximum absolute atomic E-state index is 4.04. The number of aryl methyl sites for hydroxylation is 1. The van der Waals surface area contributed by atoms with Gasteiger partial charge < -0.3 is 5.32 Å². The second-order valence-corrected chi connectivity index (χ2v) is 4.61. The zero-order valence-electron chi connectivity index (χ0n) is 9.60. The van der Waals surface area contributed by atoms with Crippen LogP contribution in [-0.2, 0) is 0 Å². The minimum atomic E-state index is 0.240. The van der Waals surface area contributed by atoms with E-state index < -0.39 is 0 Å². The predicted molar refractivity (Wildman–Crippen MR) is 70.1 cm³/mol. The molecule has 82 valence electrons. The summed E-state index contributed by atoms with van der Waals surface area (Å²) in [5, 5.41) is 3.44. The van der Waals surface area contributed by atoms with Gasteiger partial charge in [-0.15, -0.1) is 0 Å². The van der Waals surface area contributed by atoms with Crippen molar-refractivity contribution >= 4 is 15.9 Å². The third-order valence-electron chi connectivity index (χ3n) is 2.43. The first-order valence-corrected chi connectivity index (χ1v) is 6.01. The molecule has 1 N–H and O–H groups in total. The molecule has 0 amide bonds. The van der Waals surface area contributed by atoms with Gasteiger partial charge in [0, 0.05) is 4.47 Å². The number of hydrogen-bond acceptors (Lipinski definition) is 1. The summed E-state index contributed by atoms with van der Waals surface area (Å²) in [6.45, 7) is 11.3. The second kappa shape index (κ2) is 5.47. The van der Waals surface area contributed by atoms with Gasteiger partial charge in [0.25, 0.3) is 0 Å². The van der Waals surface area contributed by atoms with E-state index in [2.05, 4.69) is 66.8 Å². The zero-order valence-corrected chi connectivity index (χ0v) is 11.2. The third kappa shape index (κ3) is 2.93. The molecule has 0 bridgehead atoms. The lowest BCUT2D eigenvalue weighted by molar-refractivity contribution is 0.619. The van der Waals surface area contributed by atoms with E-state index in [0.717, 1.165) is 12.1 Å². The number of halogens is 1. The molecule has 2 heteroatoms. The van der Waals surface area contributed by atoms with Gasteiger partial charge in [0.2, 0.25) is 0 Å². The van der Waals surface area contributed by atoms with Crippen molar-refractivity contribution in [2.75, 3.05) is 6.54 Å². The molecule has 0 aliphatic rings. The summed E-state index contributed by atoms with van der Waals surface area (Å²) in [5.74, 6) is 0. The summed E-state index contributed by atoms with van der Waals surface area (Å²) >= 11 is 3.64. The highest BCUT2D eigenvalue weighted by atomic mass is 79.9. The van der Waals surface area contributed by atoms with Crippen molar-refractivity contribution < 1.29 is 0 Å². The fourth-order valence-electron chi connectivity index (χ4n) is 1.65. The van der Waals surface area contributed by atoms with Crippen LogP contribution >= 0.6 is 15.9 Å². The van der Waals surface area contributed by atoms with Crippen LogP contribution in [0.2, 0.25) is 0 Å². The van der Waals surface area contributed by atoms with Crippen LogP contribution in [0.5, 0.6) is 0 Å². The molecule has 1 rings (SSSR count). The largest absolute Gasteiger partial charge is 0.307 e. The Morgan fingerprint density at radius 3 is 2.73 bits per heavy atom. The van der Waals surface area contributed by atoms with Gasteiger partial charge in [-0.25, -0.2) is 0 Å². The highest BCUT2D eigenvalue weighted by Crippen LogP contribution is 2.29. The molecule has 15 heavy (non-hydrogen) atoms. The van der Waals surface area contributed by atoms with Gasteiger partial charge in [-0.05, 0) is 31.5 Å². The fourth-order valence-corrected chi connectivity index (χ4v) is 2.14. The average Bonchev–Trinajstić information content (AvgIpc) is 2.19. The summed E-state index contributed by atoms with van der Waals surface area (Å²) in [7, 11) is 0. The van der Waals surface area contributed by atoms with Crippen molar-refractivity contribution in [3.05, 3.63) is 46.0 Å². The van der Waals surface area contributed by atoms with Gasteiger partial charge in [-0.1, -0.05) is 53.2 Å². The van der Waals surface area contributed by atoms with E-state index in [0.29, 0.717) is 0 Å². The minimum Gasteiger partial charge on any atom is -0.307 e. The van der Waals surface area contributed by atoms with Gasteiger partial charge in [-0.2, -0.15) is 0 Å². The Bertz CT molecular complexity index is 358. The number of nitrogens with one attached hydrogen (secondary N) is 1. The van der Waals surface area contributed by atoms with E-state index in [9.17, 15) is 0 Å². The number of hydrogen-bond donors (Lipinski definition) is 1. The summed E-state index contributed by atoms with van der Waals surface area (Å²) in [5.41, 5.74) is 3.67. The van der Waals surface area contributed by atoms with E-state index in [1.165, 1.54) is 15.6 Å². The molecule has 0 aromatic heterocycles. The lowest BCUT2D eigenvalue weighted by atomic mass is 9.99. The van der Waals surface area contributed by atoms with E-state index in [1.807, 2.05) is 0 Å². The molecule has 1 nitrogen and oxygen atoms in total. The molecule has 0 spiro atoms. The van der Waals surface area contributed by atoms with Gasteiger partial charge in [0.05, 0.1) is 6.04 Å². The molecule has 0 saturated heterocycles. The quantitative estimate of drug-likeness (QED) is 0.814.